The Morgan fingerprint density at radius 1 is 1.37 bits per heavy atom. The fraction of sp³-hybridized carbons (Fsp3) is 0.520. The van der Waals surface area contributed by atoms with Crippen LogP contribution in [0.2, 0.25) is 0 Å². The van der Waals surface area contributed by atoms with Crippen molar-refractivity contribution in [3.63, 3.8) is 0 Å². The first-order valence-electron chi connectivity index (χ1n) is 12.2. The molecule has 4 heterocycles. The molecule has 38 heavy (non-hydrogen) atoms. The van der Waals surface area contributed by atoms with Gasteiger partial charge < -0.3 is 20.3 Å². The highest BCUT2D eigenvalue weighted by atomic mass is 19.1. The topological polar surface area (TPSA) is 130 Å². The van der Waals surface area contributed by atoms with Gasteiger partial charge in [-0.25, -0.2) is 14.2 Å². The smallest absolute Gasteiger partial charge is 0.416 e. The lowest BCUT2D eigenvalue weighted by Gasteiger charge is -2.42. The minimum atomic E-state index is -1.24. The Kier molecular flexibility index (Phi) is 7.01. The molecule has 1 aromatic rings. The van der Waals surface area contributed by atoms with Gasteiger partial charge in [-0.3, -0.25) is 9.69 Å². The summed E-state index contributed by atoms with van der Waals surface area (Å²) in [5.74, 6) is 6.19. The summed E-state index contributed by atoms with van der Waals surface area (Å²) in [6.07, 6.45) is 2.51. The molecule has 12 nitrogen and oxygen atoms in total. The first-order valence-corrected chi connectivity index (χ1v) is 12.2. The van der Waals surface area contributed by atoms with E-state index in [4.69, 9.17) is 4.74 Å². The molecule has 0 radical (unpaired) electrons. The molecule has 3 aliphatic heterocycles. The number of aromatic nitrogens is 4. The van der Waals surface area contributed by atoms with Crippen LogP contribution in [0.25, 0.3) is 0 Å². The molecule has 0 bridgehead atoms. The molecule has 0 aromatic carbocycles. The van der Waals surface area contributed by atoms with Crippen LogP contribution in [0.3, 0.4) is 0 Å². The summed E-state index contributed by atoms with van der Waals surface area (Å²) in [4.78, 5) is 34.3. The second kappa shape index (κ2) is 9.92. The Balaban J connectivity index is 1.74. The molecule has 4 atom stereocenters. The number of alkyl halides is 1. The number of amides is 2. The maximum Gasteiger partial charge on any atom is 0.416 e. The van der Waals surface area contributed by atoms with Crippen molar-refractivity contribution in [3.05, 3.63) is 41.6 Å². The van der Waals surface area contributed by atoms with Crippen LogP contribution in [0.5, 0.6) is 0 Å². The number of aliphatic imine (C=N–C) groups is 1. The highest BCUT2D eigenvalue weighted by molar-refractivity contribution is 5.87. The van der Waals surface area contributed by atoms with Gasteiger partial charge in [0.05, 0.1) is 30.6 Å². The minimum Gasteiger partial charge on any atom is -0.443 e. The van der Waals surface area contributed by atoms with E-state index >= 15 is 4.39 Å². The first kappa shape index (κ1) is 26.8. The molecular weight excluding hydrogens is 493 g/mol. The van der Waals surface area contributed by atoms with Gasteiger partial charge in [0.2, 0.25) is 11.7 Å². The van der Waals surface area contributed by atoms with Crippen LogP contribution in [-0.2, 0) is 16.6 Å². The van der Waals surface area contributed by atoms with Gasteiger partial charge in [0.15, 0.2) is 5.66 Å². The lowest BCUT2D eigenvalue weighted by atomic mass is 9.94. The monoisotopic (exact) mass is 525 g/mol. The van der Waals surface area contributed by atoms with Crippen molar-refractivity contribution < 1.29 is 18.7 Å². The zero-order chi connectivity index (χ0) is 27.8. The van der Waals surface area contributed by atoms with Gasteiger partial charge in [0.25, 0.3) is 0 Å². The average molecular weight is 526 g/mol. The molecule has 0 saturated carbocycles. The largest absolute Gasteiger partial charge is 0.443 e. The number of tetrazole rings is 1. The Labute approximate surface area is 220 Å². The maximum absolute atomic E-state index is 15.2. The van der Waals surface area contributed by atoms with E-state index in [1.54, 1.807) is 52.8 Å². The summed E-state index contributed by atoms with van der Waals surface area (Å²) in [7, 11) is 1.62. The summed E-state index contributed by atoms with van der Waals surface area (Å²) < 4.78 is 20.9. The van der Waals surface area contributed by atoms with Gasteiger partial charge in [-0.2, -0.15) is 4.80 Å². The standard InChI is InChI=1S/C25H32FN9O3/c1-8-20(36)34-13-18(17(26)11-15(34)2)29-22-21-16(9-10-19-30-32-33(7)31-19)12-35(23(37)38-24(3,4)5)25(21,6)28-14-27-22/h8,12,14-15,17-18,29H,1,11,13H2,2-7H3,(H,27,28)/t15-,17-,18-,25?/m0/s1. The van der Waals surface area contributed by atoms with Crippen LogP contribution in [0.1, 0.15) is 46.9 Å². The van der Waals surface area contributed by atoms with Gasteiger partial charge in [-0.15, -0.1) is 5.10 Å². The zero-order valence-corrected chi connectivity index (χ0v) is 22.3. The Morgan fingerprint density at radius 3 is 2.74 bits per heavy atom. The third-order valence-electron chi connectivity index (χ3n) is 6.37. The summed E-state index contributed by atoms with van der Waals surface area (Å²) in [5.41, 5.74) is -1.05. The molecular formula is C25H32FN9O3. The third-order valence-corrected chi connectivity index (χ3v) is 6.37. The number of likely N-dealkylation sites (tertiary alicyclic amines) is 1. The summed E-state index contributed by atoms with van der Waals surface area (Å²) in [5, 5.41) is 18.0. The van der Waals surface area contributed by atoms with E-state index in [1.165, 1.54) is 22.1 Å². The molecule has 1 unspecified atom stereocenters. The van der Waals surface area contributed by atoms with Gasteiger partial charge in [0.1, 0.15) is 17.6 Å². The average Bonchev–Trinajstić information content (AvgIpc) is 3.38. The van der Waals surface area contributed by atoms with Crippen LogP contribution in [0.4, 0.5) is 9.18 Å². The number of halogens is 1. The second-order valence-electron chi connectivity index (χ2n) is 10.5. The summed E-state index contributed by atoms with van der Waals surface area (Å²) in [6, 6.07) is -1.00. The highest BCUT2D eigenvalue weighted by Crippen LogP contribution is 2.41. The van der Waals surface area contributed by atoms with Gasteiger partial charge in [0, 0.05) is 25.2 Å². The van der Waals surface area contributed by atoms with Crippen molar-refractivity contribution >= 4 is 18.3 Å². The fourth-order valence-corrected chi connectivity index (χ4v) is 4.56. The van der Waals surface area contributed by atoms with Crippen molar-refractivity contribution in [3.8, 4) is 11.8 Å². The predicted molar refractivity (Wildman–Crippen MR) is 137 cm³/mol. The van der Waals surface area contributed by atoms with Crippen LogP contribution in [0, 0.1) is 11.8 Å². The maximum atomic E-state index is 15.2. The molecule has 1 saturated heterocycles. The van der Waals surface area contributed by atoms with Crippen LogP contribution in [0.15, 0.2) is 40.8 Å². The van der Waals surface area contributed by atoms with Crippen LogP contribution in [-0.4, -0.2) is 84.4 Å². The molecule has 3 aliphatic rings. The zero-order valence-electron chi connectivity index (χ0n) is 22.3. The van der Waals surface area contributed by atoms with E-state index in [2.05, 4.69) is 49.5 Å². The van der Waals surface area contributed by atoms with E-state index in [0.29, 0.717) is 17.0 Å². The number of nitrogens with one attached hydrogen (secondary N) is 2. The molecule has 0 aliphatic carbocycles. The first-order chi connectivity index (χ1) is 17.8. The van der Waals surface area contributed by atoms with E-state index in [9.17, 15) is 9.59 Å². The van der Waals surface area contributed by atoms with Crippen molar-refractivity contribution in [2.75, 3.05) is 6.54 Å². The second-order valence-corrected chi connectivity index (χ2v) is 10.5. The van der Waals surface area contributed by atoms with Crippen LogP contribution >= 0.6 is 0 Å². The molecule has 1 fully saturated rings. The molecule has 0 spiro atoms. The van der Waals surface area contributed by atoms with E-state index in [-0.39, 0.29) is 30.7 Å². The number of hydrogen-bond donors (Lipinski definition) is 2. The number of piperidine rings is 1. The fourth-order valence-electron chi connectivity index (χ4n) is 4.56. The molecule has 1 aromatic heterocycles. The number of carbonyl (C=O) groups is 2. The predicted octanol–water partition coefficient (Wildman–Crippen LogP) is 1.36. The molecule has 2 amide bonds. The quantitative estimate of drug-likeness (QED) is 0.447. The van der Waals surface area contributed by atoms with Crippen molar-refractivity contribution in [2.45, 2.75) is 70.6 Å². The van der Waals surface area contributed by atoms with E-state index < -0.39 is 29.6 Å². The van der Waals surface area contributed by atoms with Crippen molar-refractivity contribution in [1.82, 2.24) is 40.6 Å². The van der Waals surface area contributed by atoms with Gasteiger partial charge in [-0.05, 0) is 51.8 Å². The molecule has 2 N–H and O–H groups in total. The number of ether oxygens (including phenoxy) is 1. The Morgan fingerprint density at radius 2 is 2.11 bits per heavy atom. The Hall–Kier alpha value is -4.21. The number of hydrogen-bond acceptors (Lipinski definition) is 9. The lowest BCUT2D eigenvalue weighted by Crippen LogP contribution is -2.58. The van der Waals surface area contributed by atoms with Gasteiger partial charge in [-0.1, -0.05) is 17.6 Å². The lowest BCUT2D eigenvalue weighted by molar-refractivity contribution is -0.130. The van der Waals surface area contributed by atoms with E-state index in [0.717, 1.165) is 0 Å². The molecule has 13 heteroatoms. The highest BCUT2D eigenvalue weighted by Gasteiger charge is 2.49. The minimum absolute atomic E-state index is 0.129. The number of fused-ring (bicyclic) bond motifs is 1. The molecule has 202 valence electrons. The third kappa shape index (κ3) is 5.25. The number of nitrogens with zero attached hydrogens (tertiary/aromatic N) is 7. The normalized spacial score (nSPS) is 26.6. The number of aryl methyl sites for hydroxylation is 1. The Bertz CT molecular complexity index is 1300. The van der Waals surface area contributed by atoms with Crippen molar-refractivity contribution in [1.29, 1.82) is 0 Å². The van der Waals surface area contributed by atoms with Gasteiger partial charge >= 0.3 is 6.09 Å². The number of rotatable bonds is 3. The summed E-state index contributed by atoms with van der Waals surface area (Å²) in [6.45, 7) is 12.5. The van der Waals surface area contributed by atoms with E-state index in [1.807, 2.05) is 0 Å². The number of carbonyl (C=O) groups excluding carboxylic acids is 2. The van der Waals surface area contributed by atoms with Crippen molar-refractivity contribution in [2.24, 2.45) is 12.0 Å². The summed E-state index contributed by atoms with van der Waals surface area (Å²) >= 11 is 0. The van der Waals surface area contributed by atoms with Crippen LogP contribution < -0.4 is 10.6 Å². The SMILES string of the molecule is C=CC(=O)N1C[C@H](NC2=C3C(C#Cc4nnn(C)n4)=CN(C(=O)OC(C)(C)C)C3(C)N=CN2)[C@@H](F)C[C@@H]1C. The molecule has 4 rings (SSSR count).